The van der Waals surface area contributed by atoms with E-state index in [1.165, 1.54) is 114 Å². The Bertz CT molecular complexity index is 574. The van der Waals surface area contributed by atoms with Crippen LogP contribution in [-0.4, -0.2) is 0 Å². The van der Waals surface area contributed by atoms with Gasteiger partial charge in [-0.25, -0.2) is 0 Å². The summed E-state index contributed by atoms with van der Waals surface area (Å²) in [6.45, 7) is 11.0. The summed E-state index contributed by atoms with van der Waals surface area (Å²) in [6, 6.07) is 7.17. The predicted molar refractivity (Wildman–Crippen MR) is 132 cm³/mol. The second-order valence-electron chi connectivity index (χ2n) is 10.0. The molecule has 29 heavy (non-hydrogen) atoms. The van der Waals surface area contributed by atoms with Gasteiger partial charge in [-0.1, -0.05) is 121 Å². The van der Waals surface area contributed by atoms with Gasteiger partial charge in [0.2, 0.25) is 0 Å². The van der Waals surface area contributed by atoms with Gasteiger partial charge in [0.15, 0.2) is 0 Å². The third kappa shape index (κ3) is 9.54. The minimum absolute atomic E-state index is 0.961. The van der Waals surface area contributed by atoms with Crippen LogP contribution in [0.4, 0.5) is 0 Å². The van der Waals surface area contributed by atoms with E-state index in [9.17, 15) is 0 Å². The fourth-order valence-electron chi connectivity index (χ4n) is 4.97. The van der Waals surface area contributed by atoms with E-state index in [0.29, 0.717) is 0 Å². The van der Waals surface area contributed by atoms with Gasteiger partial charge in [-0.2, -0.15) is 0 Å². The van der Waals surface area contributed by atoms with E-state index in [-0.39, 0.29) is 0 Å². The molecule has 0 heteroatoms. The van der Waals surface area contributed by atoms with Crippen molar-refractivity contribution in [1.82, 2.24) is 0 Å². The van der Waals surface area contributed by atoms with Crippen LogP contribution in [-0.2, 0) is 12.8 Å². The summed E-state index contributed by atoms with van der Waals surface area (Å²) in [5.74, 6) is 1.93. The molecule has 1 aliphatic rings. The normalized spacial score (nSPS) is 19.4. The molecule has 0 atom stereocenters. The fourth-order valence-corrected chi connectivity index (χ4v) is 4.97. The highest BCUT2D eigenvalue weighted by Crippen LogP contribution is 2.32. The summed E-state index contributed by atoms with van der Waals surface area (Å²) in [6.07, 6.45) is 22.4. The molecule has 0 nitrogen and oxygen atoms in total. The summed E-state index contributed by atoms with van der Waals surface area (Å²) in [7, 11) is 0. The van der Waals surface area contributed by atoms with Crippen LogP contribution in [0.1, 0.15) is 127 Å². The molecule has 2 rings (SSSR count). The molecule has 0 saturated heterocycles. The van der Waals surface area contributed by atoms with Crippen LogP contribution in [0.25, 0.3) is 5.57 Å². The van der Waals surface area contributed by atoms with Gasteiger partial charge in [0, 0.05) is 0 Å². The monoisotopic (exact) mass is 396 g/mol. The number of hydrogen-bond donors (Lipinski definition) is 0. The Balaban J connectivity index is 1.78. The molecule has 164 valence electrons. The number of aryl methyl sites for hydroxylation is 2. The molecule has 0 bridgehead atoms. The van der Waals surface area contributed by atoms with Crippen molar-refractivity contribution in [3.63, 3.8) is 0 Å². The average Bonchev–Trinajstić information content (AvgIpc) is 2.72. The first-order chi connectivity index (χ1) is 14.1. The van der Waals surface area contributed by atoms with Gasteiger partial charge in [-0.05, 0) is 61.1 Å². The first-order valence-corrected chi connectivity index (χ1v) is 12.9. The maximum Gasteiger partial charge on any atom is -0.0230 e. The second kappa shape index (κ2) is 14.1. The molecule has 1 saturated carbocycles. The van der Waals surface area contributed by atoms with E-state index in [0.717, 1.165) is 11.8 Å². The number of benzene rings is 1. The van der Waals surface area contributed by atoms with Crippen molar-refractivity contribution in [3.05, 3.63) is 41.5 Å². The zero-order valence-corrected chi connectivity index (χ0v) is 19.9. The molecule has 0 radical (unpaired) electrons. The SMILES string of the molecule is C=C(C)c1ccc(CCC2CCC(C)CC2)c(CCCCCCCCCCC)c1. The van der Waals surface area contributed by atoms with Crippen molar-refractivity contribution in [3.8, 4) is 0 Å². The second-order valence-corrected chi connectivity index (χ2v) is 10.0. The van der Waals surface area contributed by atoms with Gasteiger partial charge >= 0.3 is 0 Å². The van der Waals surface area contributed by atoms with Crippen molar-refractivity contribution in [2.24, 2.45) is 11.8 Å². The average molecular weight is 397 g/mol. The lowest BCUT2D eigenvalue weighted by Gasteiger charge is -2.26. The molecular formula is C29H48. The van der Waals surface area contributed by atoms with E-state index in [4.69, 9.17) is 0 Å². The standard InChI is InChI=1S/C29H48/c1-5-6-7-8-9-10-11-12-13-14-29-23-28(24(2)3)22-21-27(29)20-19-26-17-15-25(4)16-18-26/h21-23,25-26H,2,5-20H2,1,3-4H3. The molecule has 1 fully saturated rings. The van der Waals surface area contributed by atoms with Crippen molar-refractivity contribution in [2.45, 2.75) is 124 Å². The number of hydrogen-bond acceptors (Lipinski definition) is 0. The van der Waals surface area contributed by atoms with Crippen molar-refractivity contribution < 1.29 is 0 Å². The lowest BCUT2D eigenvalue weighted by molar-refractivity contribution is 0.277. The number of unbranched alkanes of at least 4 members (excludes halogenated alkanes) is 8. The maximum absolute atomic E-state index is 4.17. The third-order valence-electron chi connectivity index (χ3n) is 7.21. The molecule has 0 unspecified atom stereocenters. The quantitative estimate of drug-likeness (QED) is 0.275. The Kier molecular flexibility index (Phi) is 11.7. The van der Waals surface area contributed by atoms with Crippen molar-refractivity contribution in [1.29, 1.82) is 0 Å². The highest BCUT2D eigenvalue weighted by atomic mass is 14.2. The first kappa shape index (κ1) is 24.2. The maximum atomic E-state index is 4.17. The lowest BCUT2D eigenvalue weighted by atomic mass is 9.80. The summed E-state index contributed by atoms with van der Waals surface area (Å²) in [5.41, 5.74) is 5.77. The molecular weight excluding hydrogens is 348 g/mol. The smallest absolute Gasteiger partial charge is 0.0230 e. The third-order valence-corrected chi connectivity index (χ3v) is 7.21. The molecule has 0 aliphatic heterocycles. The largest absolute Gasteiger partial charge is 0.0955 e. The Morgan fingerprint density at radius 1 is 0.828 bits per heavy atom. The fraction of sp³-hybridized carbons (Fsp3) is 0.724. The summed E-state index contributed by atoms with van der Waals surface area (Å²) >= 11 is 0. The van der Waals surface area contributed by atoms with Crippen LogP contribution in [0, 0.1) is 11.8 Å². The summed E-state index contributed by atoms with van der Waals surface area (Å²) in [5, 5.41) is 0. The predicted octanol–water partition coefficient (Wildman–Crippen LogP) is 9.55. The minimum atomic E-state index is 0.961. The lowest BCUT2D eigenvalue weighted by Crippen LogP contribution is -2.13. The zero-order valence-electron chi connectivity index (χ0n) is 19.9. The highest BCUT2D eigenvalue weighted by Gasteiger charge is 2.18. The molecule has 1 aliphatic carbocycles. The Hall–Kier alpha value is -1.04. The van der Waals surface area contributed by atoms with E-state index in [1.807, 2.05) is 0 Å². The number of rotatable bonds is 14. The number of allylic oxidation sites excluding steroid dienone is 1. The van der Waals surface area contributed by atoms with Crippen molar-refractivity contribution >= 4 is 5.57 Å². The topological polar surface area (TPSA) is 0 Å². The molecule has 1 aromatic rings. The minimum Gasteiger partial charge on any atom is -0.0955 e. The molecule has 1 aromatic carbocycles. The van der Waals surface area contributed by atoms with Crippen LogP contribution >= 0.6 is 0 Å². The first-order valence-electron chi connectivity index (χ1n) is 12.9. The Morgan fingerprint density at radius 2 is 1.45 bits per heavy atom. The van der Waals surface area contributed by atoms with Gasteiger partial charge in [-0.15, -0.1) is 0 Å². The van der Waals surface area contributed by atoms with Gasteiger partial charge < -0.3 is 0 Å². The van der Waals surface area contributed by atoms with Crippen molar-refractivity contribution in [2.75, 3.05) is 0 Å². The van der Waals surface area contributed by atoms with Gasteiger partial charge in [0.05, 0.1) is 0 Å². The van der Waals surface area contributed by atoms with E-state index < -0.39 is 0 Å². The Labute approximate surface area is 182 Å². The van der Waals surface area contributed by atoms with E-state index in [1.54, 1.807) is 11.1 Å². The van der Waals surface area contributed by atoms with E-state index >= 15 is 0 Å². The van der Waals surface area contributed by atoms with E-state index in [2.05, 4.69) is 45.5 Å². The van der Waals surface area contributed by atoms with Crippen LogP contribution in [0.5, 0.6) is 0 Å². The molecule has 0 spiro atoms. The molecule has 0 aromatic heterocycles. The van der Waals surface area contributed by atoms with Crippen LogP contribution in [0.15, 0.2) is 24.8 Å². The zero-order chi connectivity index (χ0) is 20.9. The van der Waals surface area contributed by atoms with Gasteiger partial charge in [0.1, 0.15) is 0 Å². The van der Waals surface area contributed by atoms with Crippen LogP contribution < -0.4 is 0 Å². The Morgan fingerprint density at radius 3 is 2.07 bits per heavy atom. The van der Waals surface area contributed by atoms with Gasteiger partial charge in [-0.3, -0.25) is 0 Å². The molecule has 0 heterocycles. The highest BCUT2D eigenvalue weighted by molar-refractivity contribution is 5.62. The molecule has 0 N–H and O–H groups in total. The van der Waals surface area contributed by atoms with Crippen LogP contribution in [0.3, 0.4) is 0 Å². The van der Waals surface area contributed by atoms with Gasteiger partial charge in [0.25, 0.3) is 0 Å². The van der Waals surface area contributed by atoms with Crippen LogP contribution in [0.2, 0.25) is 0 Å². The summed E-state index contributed by atoms with van der Waals surface area (Å²) in [4.78, 5) is 0. The molecule has 0 amide bonds. The summed E-state index contributed by atoms with van der Waals surface area (Å²) < 4.78 is 0.